The van der Waals surface area contributed by atoms with Crippen LogP contribution in [0.2, 0.25) is 0 Å². The highest BCUT2D eigenvalue weighted by Gasteiger charge is 2.35. The van der Waals surface area contributed by atoms with E-state index in [9.17, 15) is 13.2 Å². The monoisotopic (exact) mass is 442 g/mol. The minimum atomic E-state index is -3.59. The lowest BCUT2D eigenvalue weighted by Gasteiger charge is -2.34. The lowest BCUT2D eigenvalue weighted by atomic mass is 10.1. The Kier molecular flexibility index (Phi) is 5.40. The van der Waals surface area contributed by atoms with Crippen molar-refractivity contribution in [3.8, 4) is 17.1 Å². The van der Waals surface area contributed by atoms with E-state index in [-0.39, 0.29) is 19.0 Å². The van der Waals surface area contributed by atoms with Crippen molar-refractivity contribution >= 4 is 21.6 Å². The highest BCUT2D eigenvalue weighted by atomic mass is 32.2. The molecule has 0 saturated carbocycles. The summed E-state index contributed by atoms with van der Waals surface area (Å²) in [5.74, 6) is 0.512. The molecule has 3 aromatic rings. The van der Waals surface area contributed by atoms with E-state index >= 15 is 0 Å². The Bertz CT molecular complexity index is 1220. The Morgan fingerprint density at radius 1 is 1.16 bits per heavy atom. The second-order valence-electron chi connectivity index (χ2n) is 7.47. The summed E-state index contributed by atoms with van der Waals surface area (Å²) in [5, 5.41) is 6.61. The van der Waals surface area contributed by atoms with Crippen LogP contribution in [-0.4, -0.2) is 43.4 Å². The van der Waals surface area contributed by atoms with Crippen LogP contribution in [0.15, 0.2) is 47.0 Å². The molecule has 0 saturated heterocycles. The summed E-state index contributed by atoms with van der Waals surface area (Å²) in [6.45, 7) is 3.71. The normalized spacial score (nSPS) is 15.8. The number of carbonyl (C=O) groups excluding carboxylic acids is 1. The van der Waals surface area contributed by atoms with Crippen LogP contribution in [0.5, 0.6) is 5.75 Å². The predicted molar refractivity (Wildman–Crippen MR) is 114 cm³/mol. The number of anilines is 1. The minimum absolute atomic E-state index is 0.00279. The van der Waals surface area contributed by atoms with Crippen LogP contribution in [-0.2, 0) is 21.4 Å². The molecule has 2 heterocycles. The van der Waals surface area contributed by atoms with E-state index in [1.54, 1.807) is 18.2 Å². The first-order valence-corrected chi connectivity index (χ1v) is 11.5. The topological polar surface area (TPSA) is 115 Å². The fourth-order valence-corrected chi connectivity index (χ4v) is 4.14. The number of hydrogen-bond acceptors (Lipinski definition) is 7. The van der Waals surface area contributed by atoms with E-state index in [0.29, 0.717) is 17.3 Å². The van der Waals surface area contributed by atoms with Gasteiger partial charge in [-0.3, -0.25) is 9.10 Å². The van der Waals surface area contributed by atoms with Crippen molar-refractivity contribution in [2.24, 2.45) is 0 Å². The Morgan fingerprint density at radius 2 is 1.87 bits per heavy atom. The Labute approximate surface area is 180 Å². The number of fused-ring (bicyclic) bond motifs is 1. The molecule has 1 aromatic heterocycles. The van der Waals surface area contributed by atoms with Gasteiger partial charge in [-0.1, -0.05) is 41.1 Å². The largest absolute Gasteiger partial charge is 0.476 e. The molecule has 31 heavy (non-hydrogen) atoms. The lowest BCUT2D eigenvalue weighted by molar-refractivity contribution is -0.128. The second kappa shape index (κ2) is 8.03. The molecular weight excluding hydrogens is 420 g/mol. The molecule has 1 N–H and O–H groups in total. The molecule has 1 amide bonds. The number of aromatic nitrogens is 2. The third-order valence-electron chi connectivity index (χ3n) is 4.87. The standard InChI is InChI=1S/C21H22N4O5S/c1-13-4-7-15(8-5-13)20-23-19(30-24-20)11-22-21(26)18-12-25(31(3,27)28)16-10-14(2)6-9-17(16)29-18/h4-10,18H,11-12H2,1-3H3,(H,22,26). The highest BCUT2D eigenvalue weighted by Crippen LogP contribution is 2.35. The van der Waals surface area contributed by atoms with E-state index in [1.807, 2.05) is 38.1 Å². The van der Waals surface area contributed by atoms with E-state index in [4.69, 9.17) is 9.26 Å². The Hall–Kier alpha value is -3.40. The van der Waals surface area contributed by atoms with Crippen LogP contribution in [0.3, 0.4) is 0 Å². The molecule has 1 unspecified atom stereocenters. The van der Waals surface area contributed by atoms with E-state index in [1.165, 1.54) is 4.31 Å². The van der Waals surface area contributed by atoms with Gasteiger partial charge in [-0.05, 0) is 31.5 Å². The number of ether oxygens (including phenoxy) is 1. The fourth-order valence-electron chi connectivity index (χ4n) is 3.24. The van der Waals surface area contributed by atoms with Gasteiger partial charge in [-0.2, -0.15) is 4.98 Å². The fraction of sp³-hybridized carbons (Fsp3) is 0.286. The number of nitrogens with zero attached hydrogens (tertiary/aromatic N) is 3. The first-order valence-electron chi connectivity index (χ1n) is 9.63. The third-order valence-corrected chi connectivity index (χ3v) is 6.01. The summed E-state index contributed by atoms with van der Waals surface area (Å²) >= 11 is 0. The first kappa shape index (κ1) is 20.9. The zero-order chi connectivity index (χ0) is 22.2. The summed E-state index contributed by atoms with van der Waals surface area (Å²) in [5.41, 5.74) is 3.23. The average molecular weight is 442 g/mol. The van der Waals surface area contributed by atoms with Crippen LogP contribution in [0.1, 0.15) is 17.0 Å². The zero-order valence-electron chi connectivity index (χ0n) is 17.3. The van der Waals surface area contributed by atoms with Crippen molar-refractivity contribution in [1.29, 1.82) is 0 Å². The van der Waals surface area contributed by atoms with Crippen LogP contribution in [0.25, 0.3) is 11.4 Å². The van der Waals surface area contributed by atoms with Gasteiger partial charge in [-0.15, -0.1) is 0 Å². The number of rotatable bonds is 5. The van der Waals surface area contributed by atoms with Crippen LogP contribution < -0.4 is 14.4 Å². The van der Waals surface area contributed by atoms with Gasteiger partial charge in [0, 0.05) is 5.56 Å². The van der Waals surface area contributed by atoms with Crippen LogP contribution in [0.4, 0.5) is 5.69 Å². The molecule has 10 heteroatoms. The molecule has 0 radical (unpaired) electrons. The SMILES string of the molecule is Cc1ccc(-c2noc(CNC(=O)C3CN(S(C)(=O)=O)c4cc(C)ccc4O3)n2)cc1. The van der Waals surface area contributed by atoms with Gasteiger partial charge in [0.2, 0.25) is 21.7 Å². The van der Waals surface area contributed by atoms with Gasteiger partial charge in [0.1, 0.15) is 5.75 Å². The maximum Gasteiger partial charge on any atom is 0.263 e. The van der Waals surface area contributed by atoms with E-state index < -0.39 is 22.0 Å². The maximum absolute atomic E-state index is 12.7. The van der Waals surface area contributed by atoms with Crippen LogP contribution in [0, 0.1) is 13.8 Å². The molecule has 162 valence electrons. The second-order valence-corrected chi connectivity index (χ2v) is 9.37. The molecule has 0 aliphatic carbocycles. The molecule has 0 spiro atoms. The number of amides is 1. The average Bonchev–Trinajstić information content (AvgIpc) is 3.20. The summed E-state index contributed by atoms with van der Waals surface area (Å²) in [6, 6.07) is 12.8. The zero-order valence-corrected chi connectivity index (χ0v) is 18.1. The number of nitrogens with one attached hydrogen (secondary N) is 1. The molecule has 1 aliphatic heterocycles. The number of benzene rings is 2. The van der Waals surface area contributed by atoms with Gasteiger partial charge < -0.3 is 14.6 Å². The Balaban J connectivity index is 1.45. The molecular formula is C21H22N4O5S. The third kappa shape index (κ3) is 4.53. The highest BCUT2D eigenvalue weighted by molar-refractivity contribution is 7.92. The smallest absolute Gasteiger partial charge is 0.263 e. The Morgan fingerprint density at radius 3 is 2.58 bits per heavy atom. The van der Waals surface area contributed by atoms with Crippen molar-refractivity contribution in [1.82, 2.24) is 15.5 Å². The predicted octanol–water partition coefficient (Wildman–Crippen LogP) is 2.20. The van der Waals surface area contributed by atoms with Gasteiger partial charge in [-0.25, -0.2) is 8.42 Å². The summed E-state index contributed by atoms with van der Waals surface area (Å²) in [6.07, 6.45) is 0.0918. The first-order chi connectivity index (χ1) is 14.7. The van der Waals surface area contributed by atoms with Gasteiger partial charge in [0.25, 0.3) is 5.91 Å². The maximum atomic E-state index is 12.7. The van der Waals surface area contributed by atoms with Crippen molar-refractivity contribution < 1.29 is 22.5 Å². The molecule has 1 aliphatic rings. The lowest BCUT2D eigenvalue weighted by Crippen LogP contribution is -2.50. The van der Waals surface area contributed by atoms with Crippen LogP contribution >= 0.6 is 0 Å². The van der Waals surface area contributed by atoms with E-state index in [2.05, 4.69) is 15.5 Å². The number of carbonyl (C=O) groups is 1. The van der Waals surface area contributed by atoms with Gasteiger partial charge in [0.05, 0.1) is 25.0 Å². The van der Waals surface area contributed by atoms with Gasteiger partial charge >= 0.3 is 0 Å². The van der Waals surface area contributed by atoms with Crippen molar-refractivity contribution in [3.05, 3.63) is 59.5 Å². The molecule has 0 bridgehead atoms. The molecule has 4 rings (SSSR count). The number of sulfonamides is 1. The quantitative estimate of drug-likeness (QED) is 0.644. The summed E-state index contributed by atoms with van der Waals surface area (Å²) in [4.78, 5) is 17.0. The van der Waals surface area contributed by atoms with Gasteiger partial charge in [0.15, 0.2) is 6.10 Å². The van der Waals surface area contributed by atoms with Crippen molar-refractivity contribution in [3.63, 3.8) is 0 Å². The minimum Gasteiger partial charge on any atom is -0.476 e. The van der Waals surface area contributed by atoms with E-state index in [0.717, 1.165) is 22.9 Å². The van der Waals surface area contributed by atoms with Crippen molar-refractivity contribution in [2.45, 2.75) is 26.5 Å². The number of hydrogen-bond donors (Lipinski definition) is 1. The summed E-state index contributed by atoms with van der Waals surface area (Å²) in [7, 11) is -3.59. The molecule has 1 atom stereocenters. The van der Waals surface area contributed by atoms with Crippen molar-refractivity contribution in [2.75, 3.05) is 17.1 Å². The number of aryl methyl sites for hydroxylation is 2. The molecule has 0 fully saturated rings. The molecule has 2 aromatic carbocycles. The molecule has 9 nitrogen and oxygen atoms in total. The summed E-state index contributed by atoms with van der Waals surface area (Å²) < 4.78 is 36.7.